The molecule has 1 aliphatic heterocycles. The number of aryl methyl sites for hydroxylation is 1. The summed E-state index contributed by atoms with van der Waals surface area (Å²) in [5.74, 6) is 1.57. The van der Waals surface area contributed by atoms with E-state index in [1.54, 1.807) is 12.4 Å². The summed E-state index contributed by atoms with van der Waals surface area (Å²) in [5.41, 5.74) is 1.05. The highest BCUT2D eigenvalue weighted by molar-refractivity contribution is 5.76. The summed E-state index contributed by atoms with van der Waals surface area (Å²) < 4.78 is 10.9. The molecule has 7 nitrogen and oxygen atoms in total. The normalized spacial score (nSPS) is 16.6. The van der Waals surface area contributed by atoms with Gasteiger partial charge in [-0.25, -0.2) is 0 Å². The molecule has 7 heteroatoms. The number of nitrogens with zero attached hydrogens (tertiary/aromatic N) is 3. The first-order valence-corrected chi connectivity index (χ1v) is 9.23. The number of hydrogen-bond acceptors (Lipinski definition) is 6. The Bertz CT molecular complexity index is 696. The lowest BCUT2D eigenvalue weighted by Gasteiger charge is -2.28. The van der Waals surface area contributed by atoms with Gasteiger partial charge in [-0.3, -0.25) is 9.78 Å². The van der Waals surface area contributed by atoms with Gasteiger partial charge in [-0.1, -0.05) is 25.1 Å². The van der Waals surface area contributed by atoms with E-state index in [-0.39, 0.29) is 23.8 Å². The molecule has 1 fully saturated rings. The zero-order valence-electron chi connectivity index (χ0n) is 15.4. The van der Waals surface area contributed by atoms with Gasteiger partial charge < -0.3 is 14.6 Å². The molecule has 0 saturated carbocycles. The maximum absolute atomic E-state index is 12.5. The predicted octanol–water partition coefficient (Wildman–Crippen LogP) is 2.80. The summed E-state index contributed by atoms with van der Waals surface area (Å²) >= 11 is 0. The number of nitrogens with one attached hydrogen (secondary N) is 1. The van der Waals surface area contributed by atoms with Gasteiger partial charge in [0.15, 0.2) is 5.82 Å². The average molecular weight is 358 g/mol. The van der Waals surface area contributed by atoms with Gasteiger partial charge in [0.25, 0.3) is 0 Å². The van der Waals surface area contributed by atoms with Crippen LogP contribution in [0, 0.1) is 5.92 Å². The van der Waals surface area contributed by atoms with Crippen LogP contribution < -0.4 is 5.32 Å². The Morgan fingerprint density at radius 3 is 2.81 bits per heavy atom. The molecule has 26 heavy (non-hydrogen) atoms. The van der Waals surface area contributed by atoms with Crippen molar-refractivity contribution >= 4 is 5.91 Å². The molecule has 0 aliphatic carbocycles. The summed E-state index contributed by atoms with van der Waals surface area (Å²) in [6, 6.07) is 3.59. The summed E-state index contributed by atoms with van der Waals surface area (Å²) in [7, 11) is 0. The van der Waals surface area contributed by atoms with E-state index in [2.05, 4.69) is 20.4 Å². The number of pyridine rings is 1. The van der Waals surface area contributed by atoms with Crippen LogP contribution in [0.1, 0.15) is 62.3 Å². The molecule has 3 heterocycles. The molecule has 1 N–H and O–H groups in total. The summed E-state index contributed by atoms with van der Waals surface area (Å²) in [4.78, 5) is 21.1. The summed E-state index contributed by atoms with van der Waals surface area (Å²) in [5, 5.41) is 7.17. The monoisotopic (exact) mass is 358 g/mol. The van der Waals surface area contributed by atoms with E-state index in [1.165, 1.54) is 0 Å². The minimum Gasteiger partial charge on any atom is -0.381 e. The highest BCUT2D eigenvalue weighted by Gasteiger charge is 2.31. The zero-order chi connectivity index (χ0) is 18.4. The van der Waals surface area contributed by atoms with Gasteiger partial charge in [-0.2, -0.15) is 4.98 Å². The number of hydrogen-bond donors (Lipinski definition) is 1. The van der Waals surface area contributed by atoms with Gasteiger partial charge in [-0.15, -0.1) is 0 Å². The number of amides is 1. The van der Waals surface area contributed by atoms with Crippen molar-refractivity contribution in [1.29, 1.82) is 0 Å². The number of rotatable bonds is 7. The van der Waals surface area contributed by atoms with E-state index in [4.69, 9.17) is 9.26 Å². The zero-order valence-corrected chi connectivity index (χ0v) is 15.4. The molecule has 0 radical (unpaired) electrons. The molecular formula is C19H26N4O3. The van der Waals surface area contributed by atoms with Gasteiger partial charge in [-0.05, 0) is 36.8 Å². The summed E-state index contributed by atoms with van der Waals surface area (Å²) in [6.07, 6.45) is 6.31. The van der Waals surface area contributed by atoms with Crippen LogP contribution in [-0.4, -0.2) is 34.2 Å². The van der Waals surface area contributed by atoms with Crippen LogP contribution in [0.4, 0.5) is 0 Å². The van der Waals surface area contributed by atoms with Crippen LogP contribution in [-0.2, 0) is 16.0 Å². The van der Waals surface area contributed by atoms with E-state index >= 15 is 0 Å². The lowest BCUT2D eigenvalue weighted by Crippen LogP contribution is -2.36. The highest BCUT2D eigenvalue weighted by Crippen LogP contribution is 2.30. The van der Waals surface area contributed by atoms with Gasteiger partial charge in [0.1, 0.15) is 6.04 Å². The quantitative estimate of drug-likeness (QED) is 0.818. The van der Waals surface area contributed by atoms with Crippen LogP contribution >= 0.6 is 0 Å². The van der Waals surface area contributed by atoms with E-state index in [0.29, 0.717) is 37.8 Å². The lowest BCUT2D eigenvalue weighted by molar-refractivity contribution is -0.122. The van der Waals surface area contributed by atoms with Crippen molar-refractivity contribution in [2.24, 2.45) is 5.92 Å². The Kier molecular flexibility index (Phi) is 6.33. The molecule has 2 aromatic rings. The molecule has 0 aromatic carbocycles. The first kappa shape index (κ1) is 18.5. The number of carbonyl (C=O) groups excluding carboxylic acids is 1. The fourth-order valence-electron chi connectivity index (χ4n) is 3.09. The fraction of sp³-hybridized carbons (Fsp3) is 0.579. The molecule has 1 saturated heterocycles. The molecule has 0 spiro atoms. The maximum Gasteiger partial charge on any atom is 0.249 e. The molecular weight excluding hydrogens is 332 g/mol. The Labute approximate surface area is 153 Å². The van der Waals surface area contributed by atoms with Crippen LogP contribution in [0.5, 0.6) is 0 Å². The molecule has 1 atom stereocenters. The van der Waals surface area contributed by atoms with Crippen LogP contribution in [0.2, 0.25) is 0 Å². The number of ether oxygens (including phenoxy) is 1. The van der Waals surface area contributed by atoms with Crippen molar-refractivity contribution in [2.75, 3.05) is 13.2 Å². The SMILES string of the molecule is CC(C)c1noc([C@H](NC(=O)CCc2cccnc2)C2CCOCC2)n1. The van der Waals surface area contributed by atoms with Gasteiger partial charge in [0.05, 0.1) is 0 Å². The minimum atomic E-state index is -0.264. The first-order valence-electron chi connectivity index (χ1n) is 9.23. The summed E-state index contributed by atoms with van der Waals surface area (Å²) in [6.45, 7) is 5.42. The smallest absolute Gasteiger partial charge is 0.249 e. The van der Waals surface area contributed by atoms with Crippen molar-refractivity contribution in [3.8, 4) is 0 Å². The molecule has 1 aliphatic rings. The minimum absolute atomic E-state index is 0.0189. The van der Waals surface area contributed by atoms with E-state index in [0.717, 1.165) is 18.4 Å². The standard InChI is InChI=1S/C19H26N4O3/c1-13(2)18-22-19(26-23-18)17(15-7-10-25-11-8-15)21-16(24)6-5-14-4-3-9-20-12-14/h3-4,9,12-13,15,17H,5-8,10-11H2,1-2H3,(H,21,24)/t17-/m1/s1. The third-order valence-corrected chi connectivity index (χ3v) is 4.66. The molecule has 3 rings (SSSR count). The lowest BCUT2D eigenvalue weighted by atomic mass is 9.91. The Balaban J connectivity index is 1.67. The first-order chi connectivity index (χ1) is 12.6. The van der Waals surface area contributed by atoms with E-state index < -0.39 is 0 Å². The van der Waals surface area contributed by atoms with Gasteiger partial charge in [0.2, 0.25) is 11.8 Å². The van der Waals surface area contributed by atoms with Crippen LogP contribution in [0.25, 0.3) is 0 Å². The second-order valence-corrected chi connectivity index (χ2v) is 7.00. The second kappa shape index (κ2) is 8.89. The molecule has 1 amide bonds. The topological polar surface area (TPSA) is 90.1 Å². The van der Waals surface area contributed by atoms with Crippen molar-refractivity contribution in [3.05, 3.63) is 41.8 Å². The van der Waals surface area contributed by atoms with Crippen LogP contribution in [0.3, 0.4) is 0 Å². The van der Waals surface area contributed by atoms with Gasteiger partial charge in [0, 0.05) is 37.9 Å². The highest BCUT2D eigenvalue weighted by atomic mass is 16.5. The molecule has 0 bridgehead atoms. The second-order valence-electron chi connectivity index (χ2n) is 7.00. The Hall–Kier alpha value is -2.28. The Morgan fingerprint density at radius 2 is 2.15 bits per heavy atom. The largest absolute Gasteiger partial charge is 0.381 e. The van der Waals surface area contributed by atoms with Crippen molar-refractivity contribution in [3.63, 3.8) is 0 Å². The van der Waals surface area contributed by atoms with Crippen molar-refractivity contribution in [1.82, 2.24) is 20.4 Å². The third kappa shape index (κ3) is 4.88. The van der Waals surface area contributed by atoms with E-state index in [9.17, 15) is 4.79 Å². The number of carbonyl (C=O) groups is 1. The van der Waals surface area contributed by atoms with E-state index in [1.807, 2.05) is 26.0 Å². The third-order valence-electron chi connectivity index (χ3n) is 4.66. The number of aromatic nitrogens is 3. The van der Waals surface area contributed by atoms with Crippen molar-refractivity contribution < 1.29 is 14.1 Å². The predicted molar refractivity (Wildman–Crippen MR) is 95.4 cm³/mol. The Morgan fingerprint density at radius 1 is 1.35 bits per heavy atom. The average Bonchev–Trinajstić information content (AvgIpc) is 3.16. The van der Waals surface area contributed by atoms with Gasteiger partial charge >= 0.3 is 0 Å². The fourth-order valence-corrected chi connectivity index (χ4v) is 3.09. The van der Waals surface area contributed by atoms with Crippen molar-refractivity contribution in [2.45, 2.75) is 51.5 Å². The maximum atomic E-state index is 12.5. The molecule has 2 aromatic heterocycles. The molecule has 140 valence electrons. The molecule has 0 unspecified atom stereocenters. The van der Waals surface area contributed by atoms with Crippen LogP contribution in [0.15, 0.2) is 29.0 Å².